The van der Waals surface area contributed by atoms with Crippen LogP contribution in [0.5, 0.6) is 0 Å². The average Bonchev–Trinajstić information content (AvgIpc) is 2.61. The maximum Gasteiger partial charge on any atom is 0.342 e. The molecule has 1 heterocycles. The van der Waals surface area contributed by atoms with Crippen LogP contribution in [0.1, 0.15) is 10.4 Å². The highest BCUT2D eigenvalue weighted by Gasteiger charge is 2.17. The Balaban J connectivity index is 2.49. The third-order valence-corrected chi connectivity index (χ3v) is 2.26. The van der Waals surface area contributed by atoms with E-state index in [2.05, 4.69) is 5.10 Å². The summed E-state index contributed by atoms with van der Waals surface area (Å²) >= 11 is 5.68. The van der Waals surface area contributed by atoms with E-state index in [4.69, 9.17) is 16.7 Å². The van der Waals surface area contributed by atoms with Crippen LogP contribution in [-0.2, 0) is 0 Å². The van der Waals surface area contributed by atoms with Crippen molar-refractivity contribution in [1.82, 2.24) is 9.78 Å². The summed E-state index contributed by atoms with van der Waals surface area (Å²) < 4.78 is 14.5. The first-order valence-electron chi connectivity index (χ1n) is 4.32. The molecule has 0 aliphatic rings. The van der Waals surface area contributed by atoms with Crippen molar-refractivity contribution in [2.75, 3.05) is 0 Å². The minimum Gasteiger partial charge on any atom is -0.477 e. The first kappa shape index (κ1) is 10.6. The van der Waals surface area contributed by atoms with Crippen LogP contribution in [0.3, 0.4) is 0 Å². The first-order valence-corrected chi connectivity index (χ1v) is 4.70. The number of aromatic carboxylic acids is 1. The number of carbonyl (C=O) groups is 1. The number of carboxylic acid groups (broad SMARTS) is 1. The van der Waals surface area contributed by atoms with Gasteiger partial charge >= 0.3 is 5.97 Å². The summed E-state index contributed by atoms with van der Waals surface area (Å²) in [5.74, 6) is -2.26. The summed E-state index contributed by atoms with van der Waals surface area (Å²) in [6.45, 7) is 0. The van der Waals surface area contributed by atoms with Gasteiger partial charge in [-0.05, 0) is 24.3 Å². The molecule has 0 spiro atoms. The predicted octanol–water partition coefficient (Wildman–Crippen LogP) is 2.36. The monoisotopic (exact) mass is 240 g/mol. The van der Waals surface area contributed by atoms with E-state index in [1.165, 1.54) is 0 Å². The molecular formula is C10H6ClFN2O2. The Labute approximate surface area is 94.9 Å². The molecule has 2 rings (SSSR count). The largest absolute Gasteiger partial charge is 0.477 e. The van der Waals surface area contributed by atoms with Crippen LogP contribution >= 0.6 is 11.6 Å². The van der Waals surface area contributed by atoms with Gasteiger partial charge in [0.2, 0.25) is 5.95 Å². The van der Waals surface area contributed by atoms with Gasteiger partial charge in [0, 0.05) is 5.02 Å². The summed E-state index contributed by atoms with van der Waals surface area (Å²) in [4.78, 5) is 10.6. The fourth-order valence-electron chi connectivity index (χ4n) is 1.24. The van der Waals surface area contributed by atoms with Gasteiger partial charge in [-0.1, -0.05) is 11.6 Å². The van der Waals surface area contributed by atoms with Crippen LogP contribution in [0.2, 0.25) is 5.02 Å². The SMILES string of the molecule is O=C(O)c1cnn(-c2ccc(Cl)cc2)c1F. The van der Waals surface area contributed by atoms with Gasteiger partial charge in [0.05, 0.1) is 11.9 Å². The molecule has 0 unspecified atom stereocenters. The number of rotatable bonds is 2. The van der Waals surface area contributed by atoms with Gasteiger partial charge in [0.25, 0.3) is 0 Å². The van der Waals surface area contributed by atoms with Gasteiger partial charge < -0.3 is 5.11 Å². The van der Waals surface area contributed by atoms with Gasteiger partial charge in [0.15, 0.2) is 0 Å². The van der Waals surface area contributed by atoms with Crippen LogP contribution < -0.4 is 0 Å². The van der Waals surface area contributed by atoms with Crippen molar-refractivity contribution < 1.29 is 14.3 Å². The Kier molecular flexibility index (Phi) is 2.62. The molecule has 0 saturated heterocycles. The quantitative estimate of drug-likeness (QED) is 0.877. The van der Waals surface area contributed by atoms with Crippen LogP contribution in [0.4, 0.5) is 4.39 Å². The Morgan fingerprint density at radius 2 is 2.00 bits per heavy atom. The van der Waals surface area contributed by atoms with E-state index in [9.17, 15) is 9.18 Å². The second kappa shape index (κ2) is 3.94. The van der Waals surface area contributed by atoms with Crippen molar-refractivity contribution in [2.24, 2.45) is 0 Å². The molecule has 0 aliphatic carbocycles. The van der Waals surface area contributed by atoms with Gasteiger partial charge in [-0.25, -0.2) is 9.48 Å². The molecule has 0 bridgehead atoms. The van der Waals surface area contributed by atoms with Crippen molar-refractivity contribution in [3.63, 3.8) is 0 Å². The van der Waals surface area contributed by atoms with E-state index in [0.29, 0.717) is 10.7 Å². The maximum absolute atomic E-state index is 13.6. The number of carboxylic acids is 1. The van der Waals surface area contributed by atoms with Gasteiger partial charge in [-0.15, -0.1) is 0 Å². The fourth-order valence-corrected chi connectivity index (χ4v) is 1.37. The van der Waals surface area contributed by atoms with Crippen LogP contribution in [0.25, 0.3) is 5.69 Å². The van der Waals surface area contributed by atoms with E-state index >= 15 is 0 Å². The number of benzene rings is 1. The highest BCUT2D eigenvalue weighted by atomic mass is 35.5. The van der Waals surface area contributed by atoms with Crippen LogP contribution in [0, 0.1) is 5.95 Å². The lowest BCUT2D eigenvalue weighted by Crippen LogP contribution is -2.03. The Morgan fingerprint density at radius 1 is 1.38 bits per heavy atom. The molecule has 82 valence electrons. The molecule has 0 saturated carbocycles. The molecule has 16 heavy (non-hydrogen) atoms. The van der Waals surface area contributed by atoms with E-state index in [-0.39, 0.29) is 0 Å². The van der Waals surface area contributed by atoms with Crippen LogP contribution in [0.15, 0.2) is 30.5 Å². The third kappa shape index (κ3) is 1.77. The van der Waals surface area contributed by atoms with Crippen molar-refractivity contribution in [3.8, 4) is 5.69 Å². The maximum atomic E-state index is 13.6. The van der Waals surface area contributed by atoms with Gasteiger partial charge in [-0.3, -0.25) is 0 Å². The molecule has 1 N–H and O–H groups in total. The Hall–Kier alpha value is -1.88. The zero-order valence-electron chi connectivity index (χ0n) is 7.89. The number of aromatic nitrogens is 2. The van der Waals surface area contributed by atoms with Crippen molar-refractivity contribution in [2.45, 2.75) is 0 Å². The van der Waals surface area contributed by atoms with Gasteiger partial charge in [-0.2, -0.15) is 9.49 Å². The lowest BCUT2D eigenvalue weighted by Gasteiger charge is -2.01. The molecule has 1 aromatic heterocycles. The van der Waals surface area contributed by atoms with E-state index in [0.717, 1.165) is 10.9 Å². The molecular weight excluding hydrogens is 235 g/mol. The Bertz CT molecular complexity index is 536. The van der Waals surface area contributed by atoms with E-state index in [1.54, 1.807) is 24.3 Å². The zero-order chi connectivity index (χ0) is 11.7. The minimum atomic E-state index is -1.35. The topological polar surface area (TPSA) is 55.1 Å². The van der Waals surface area contributed by atoms with Gasteiger partial charge in [0.1, 0.15) is 5.56 Å². The highest BCUT2D eigenvalue weighted by Crippen LogP contribution is 2.16. The lowest BCUT2D eigenvalue weighted by molar-refractivity contribution is 0.0691. The standard InChI is InChI=1S/C10H6ClFN2O2/c11-6-1-3-7(4-2-6)14-9(12)8(5-13-14)10(15)16/h1-5H,(H,15,16). The van der Waals surface area contributed by atoms with Crippen molar-refractivity contribution in [1.29, 1.82) is 0 Å². The smallest absolute Gasteiger partial charge is 0.342 e. The summed E-state index contributed by atoms with van der Waals surface area (Å²) in [6, 6.07) is 6.23. The summed E-state index contributed by atoms with van der Waals surface area (Å²) in [7, 11) is 0. The Morgan fingerprint density at radius 3 is 2.50 bits per heavy atom. The number of halogens is 2. The molecule has 0 atom stereocenters. The third-order valence-electron chi connectivity index (χ3n) is 2.01. The van der Waals surface area contributed by atoms with Crippen molar-refractivity contribution >= 4 is 17.6 Å². The molecule has 6 heteroatoms. The molecule has 2 aromatic rings. The molecule has 4 nitrogen and oxygen atoms in total. The average molecular weight is 241 g/mol. The summed E-state index contributed by atoms with van der Waals surface area (Å²) in [5.41, 5.74) is -0.0515. The molecule has 0 radical (unpaired) electrons. The van der Waals surface area contributed by atoms with Crippen LogP contribution in [-0.4, -0.2) is 20.9 Å². The first-order chi connectivity index (χ1) is 7.59. The molecule has 0 amide bonds. The second-order valence-electron chi connectivity index (χ2n) is 3.04. The number of hydrogen-bond donors (Lipinski definition) is 1. The van der Waals surface area contributed by atoms with Crippen molar-refractivity contribution in [3.05, 3.63) is 47.0 Å². The minimum absolute atomic E-state index is 0.411. The summed E-state index contributed by atoms with van der Waals surface area (Å²) in [5, 5.41) is 12.8. The van der Waals surface area contributed by atoms with E-state index < -0.39 is 17.5 Å². The normalized spacial score (nSPS) is 10.4. The molecule has 1 aromatic carbocycles. The lowest BCUT2D eigenvalue weighted by atomic mass is 10.3. The molecule has 0 aliphatic heterocycles. The summed E-state index contributed by atoms with van der Waals surface area (Å²) in [6.07, 6.45) is 0.965. The van der Waals surface area contributed by atoms with E-state index in [1.807, 2.05) is 0 Å². The number of hydrogen-bond acceptors (Lipinski definition) is 2. The predicted molar refractivity (Wildman–Crippen MR) is 55.5 cm³/mol. The highest BCUT2D eigenvalue weighted by molar-refractivity contribution is 6.30. The number of nitrogens with zero attached hydrogens (tertiary/aromatic N) is 2. The zero-order valence-corrected chi connectivity index (χ0v) is 8.65. The second-order valence-corrected chi connectivity index (χ2v) is 3.48. The molecule has 0 fully saturated rings. The fraction of sp³-hybridized carbons (Fsp3) is 0.